The topological polar surface area (TPSA) is 20.3 Å². The van der Waals surface area contributed by atoms with Crippen molar-refractivity contribution in [2.24, 2.45) is 5.92 Å². The van der Waals surface area contributed by atoms with Crippen LogP contribution in [-0.2, 0) is 4.79 Å². The van der Waals surface area contributed by atoms with Crippen LogP contribution >= 0.6 is 11.6 Å². The molecule has 19 heavy (non-hydrogen) atoms. The molecule has 112 valence electrons. The van der Waals surface area contributed by atoms with E-state index in [1.807, 2.05) is 13.8 Å². The average molecular weight is 296 g/mol. The van der Waals surface area contributed by atoms with E-state index < -0.39 is 5.92 Å². The fraction of sp³-hybridized carbons (Fsp3) is 0.929. The second-order valence-corrected chi connectivity index (χ2v) is 5.70. The molecule has 0 N–H and O–H groups in total. The van der Waals surface area contributed by atoms with E-state index in [0.29, 0.717) is 25.3 Å². The van der Waals surface area contributed by atoms with Crippen LogP contribution in [0.3, 0.4) is 0 Å². The van der Waals surface area contributed by atoms with E-state index in [1.165, 1.54) is 0 Å². The molecule has 1 aliphatic carbocycles. The first kappa shape index (κ1) is 16.7. The predicted molar refractivity (Wildman–Crippen MR) is 73.7 cm³/mol. The summed E-state index contributed by atoms with van der Waals surface area (Å²) in [4.78, 5) is 14.3. The molecule has 0 aromatic heterocycles. The van der Waals surface area contributed by atoms with Gasteiger partial charge in [0, 0.05) is 37.2 Å². The number of nitrogens with zero attached hydrogens (tertiary/aromatic N) is 1. The van der Waals surface area contributed by atoms with Gasteiger partial charge in [0.05, 0.1) is 0 Å². The van der Waals surface area contributed by atoms with Crippen molar-refractivity contribution in [3.05, 3.63) is 0 Å². The summed E-state index contributed by atoms with van der Waals surface area (Å²) < 4.78 is 26.3. The summed E-state index contributed by atoms with van der Waals surface area (Å²) in [7, 11) is 0. The highest BCUT2D eigenvalue weighted by atomic mass is 35.5. The summed E-state index contributed by atoms with van der Waals surface area (Å²) in [6.45, 7) is 4.59. The lowest BCUT2D eigenvalue weighted by molar-refractivity contribution is -0.142. The smallest absolute Gasteiger partial charge is 0.248 e. The number of carbonyl (C=O) groups is 1. The molecule has 1 aliphatic rings. The monoisotopic (exact) mass is 295 g/mol. The zero-order valence-electron chi connectivity index (χ0n) is 11.8. The lowest BCUT2D eigenvalue weighted by Gasteiger charge is -2.35. The van der Waals surface area contributed by atoms with Gasteiger partial charge < -0.3 is 4.90 Å². The largest absolute Gasteiger partial charge is 0.338 e. The highest BCUT2D eigenvalue weighted by Crippen LogP contribution is 2.37. The van der Waals surface area contributed by atoms with Gasteiger partial charge in [-0.3, -0.25) is 4.79 Å². The van der Waals surface area contributed by atoms with Crippen molar-refractivity contribution in [3.63, 3.8) is 0 Å². The van der Waals surface area contributed by atoms with Gasteiger partial charge in [0.2, 0.25) is 11.8 Å². The Kier molecular flexibility index (Phi) is 6.51. The molecule has 0 aliphatic heterocycles. The molecule has 1 rings (SSSR count). The van der Waals surface area contributed by atoms with E-state index in [1.54, 1.807) is 4.90 Å². The Bertz CT molecular complexity index is 285. The van der Waals surface area contributed by atoms with Crippen molar-refractivity contribution in [2.45, 2.75) is 64.3 Å². The third-order valence-corrected chi connectivity index (χ3v) is 4.23. The number of carbonyl (C=O) groups excluding carboxylic acids is 1. The van der Waals surface area contributed by atoms with Gasteiger partial charge in [-0.1, -0.05) is 13.8 Å². The molecule has 0 aromatic rings. The SMILES string of the molecule is CCC(CC)N(CCCl)C(=O)C1CCC(F)(F)CC1. The molecule has 0 atom stereocenters. The fourth-order valence-electron chi connectivity index (χ4n) is 2.81. The quantitative estimate of drug-likeness (QED) is 0.677. The van der Waals surface area contributed by atoms with Gasteiger partial charge in [-0.05, 0) is 25.7 Å². The summed E-state index contributed by atoms with van der Waals surface area (Å²) in [6.07, 6.45) is 2.02. The Labute approximate surface area is 119 Å². The summed E-state index contributed by atoms with van der Waals surface area (Å²) in [5.41, 5.74) is 0. The van der Waals surface area contributed by atoms with E-state index in [9.17, 15) is 13.6 Å². The normalized spacial score (nSPS) is 19.7. The zero-order valence-corrected chi connectivity index (χ0v) is 12.6. The van der Waals surface area contributed by atoms with Crippen LogP contribution in [0.15, 0.2) is 0 Å². The van der Waals surface area contributed by atoms with Gasteiger partial charge in [0.25, 0.3) is 0 Å². The molecule has 0 saturated heterocycles. The van der Waals surface area contributed by atoms with Crippen LogP contribution in [0.4, 0.5) is 8.78 Å². The van der Waals surface area contributed by atoms with Crippen LogP contribution in [-0.4, -0.2) is 35.2 Å². The second-order valence-electron chi connectivity index (χ2n) is 5.32. The summed E-state index contributed by atoms with van der Waals surface area (Å²) in [5.74, 6) is -2.41. The third kappa shape index (κ3) is 4.59. The van der Waals surface area contributed by atoms with Crippen molar-refractivity contribution in [1.29, 1.82) is 0 Å². The Hall–Kier alpha value is -0.380. The molecule has 0 aromatic carbocycles. The van der Waals surface area contributed by atoms with Crippen molar-refractivity contribution < 1.29 is 13.6 Å². The molecule has 1 saturated carbocycles. The fourth-order valence-corrected chi connectivity index (χ4v) is 3.00. The van der Waals surface area contributed by atoms with Crippen LogP contribution < -0.4 is 0 Å². The molecule has 0 spiro atoms. The van der Waals surface area contributed by atoms with Gasteiger partial charge in [0.1, 0.15) is 0 Å². The predicted octanol–water partition coefficient (Wildman–Crippen LogP) is 4.07. The number of halogens is 3. The van der Waals surface area contributed by atoms with E-state index in [2.05, 4.69) is 0 Å². The number of amides is 1. The van der Waals surface area contributed by atoms with E-state index in [0.717, 1.165) is 12.8 Å². The molecule has 1 fully saturated rings. The Morgan fingerprint density at radius 2 is 1.84 bits per heavy atom. The van der Waals surface area contributed by atoms with Gasteiger partial charge >= 0.3 is 0 Å². The molecule has 2 nitrogen and oxygen atoms in total. The van der Waals surface area contributed by atoms with Gasteiger partial charge in [-0.2, -0.15) is 0 Å². The van der Waals surface area contributed by atoms with Crippen LogP contribution in [0, 0.1) is 5.92 Å². The maximum absolute atomic E-state index is 13.1. The Morgan fingerprint density at radius 3 is 2.26 bits per heavy atom. The minimum absolute atomic E-state index is 0.0184. The van der Waals surface area contributed by atoms with Crippen molar-refractivity contribution in [1.82, 2.24) is 4.90 Å². The van der Waals surface area contributed by atoms with Crippen LogP contribution in [0.25, 0.3) is 0 Å². The Morgan fingerprint density at radius 1 is 1.32 bits per heavy atom. The van der Waals surface area contributed by atoms with Gasteiger partial charge in [0.15, 0.2) is 0 Å². The molecule has 5 heteroatoms. The number of alkyl halides is 3. The second kappa shape index (κ2) is 7.41. The lowest BCUT2D eigenvalue weighted by atomic mass is 9.85. The highest BCUT2D eigenvalue weighted by molar-refractivity contribution is 6.18. The number of hydrogen-bond donors (Lipinski definition) is 0. The van der Waals surface area contributed by atoms with E-state index >= 15 is 0 Å². The van der Waals surface area contributed by atoms with Crippen LogP contribution in [0.5, 0.6) is 0 Å². The minimum atomic E-state index is -2.58. The molecule has 1 amide bonds. The van der Waals surface area contributed by atoms with Crippen molar-refractivity contribution >= 4 is 17.5 Å². The molecular formula is C14H24ClF2NO. The molecule has 0 unspecified atom stereocenters. The Balaban J connectivity index is 2.66. The first-order chi connectivity index (χ1) is 8.95. The minimum Gasteiger partial charge on any atom is -0.338 e. The molecular weight excluding hydrogens is 272 g/mol. The molecule has 0 bridgehead atoms. The summed E-state index contributed by atoms with van der Waals surface area (Å²) in [6, 6.07) is 0.175. The number of rotatable bonds is 6. The highest BCUT2D eigenvalue weighted by Gasteiger charge is 2.39. The average Bonchev–Trinajstić information content (AvgIpc) is 2.38. The lowest BCUT2D eigenvalue weighted by Crippen LogP contribution is -2.45. The maximum Gasteiger partial charge on any atom is 0.248 e. The van der Waals surface area contributed by atoms with Gasteiger partial charge in [-0.25, -0.2) is 8.78 Å². The maximum atomic E-state index is 13.1. The van der Waals surface area contributed by atoms with Crippen molar-refractivity contribution in [3.8, 4) is 0 Å². The number of hydrogen-bond acceptors (Lipinski definition) is 1. The molecule has 0 heterocycles. The van der Waals surface area contributed by atoms with E-state index in [4.69, 9.17) is 11.6 Å². The zero-order chi connectivity index (χ0) is 14.5. The van der Waals surface area contributed by atoms with Gasteiger partial charge in [-0.15, -0.1) is 11.6 Å². The van der Waals surface area contributed by atoms with Crippen LogP contribution in [0.1, 0.15) is 52.4 Å². The van der Waals surface area contributed by atoms with Crippen molar-refractivity contribution in [2.75, 3.05) is 12.4 Å². The first-order valence-corrected chi connectivity index (χ1v) is 7.72. The van der Waals surface area contributed by atoms with E-state index in [-0.39, 0.29) is 30.7 Å². The molecule has 0 radical (unpaired) electrons. The summed E-state index contributed by atoms with van der Waals surface area (Å²) in [5, 5.41) is 0. The summed E-state index contributed by atoms with van der Waals surface area (Å²) >= 11 is 5.77. The van der Waals surface area contributed by atoms with Crippen LogP contribution in [0.2, 0.25) is 0 Å². The first-order valence-electron chi connectivity index (χ1n) is 7.19. The standard InChI is InChI=1S/C14H24ClF2NO/c1-3-12(4-2)18(10-9-15)13(19)11-5-7-14(16,17)8-6-11/h11-12H,3-10H2,1-2H3. The third-order valence-electron chi connectivity index (χ3n) is 4.06.